The zero-order valence-electron chi connectivity index (χ0n) is 10.7. The summed E-state index contributed by atoms with van der Waals surface area (Å²) >= 11 is 4.92. The predicted octanol–water partition coefficient (Wildman–Crippen LogP) is 2.23. The van der Waals surface area contributed by atoms with E-state index in [0.717, 1.165) is 0 Å². The molecule has 0 fully saturated rings. The molecule has 21 heavy (non-hydrogen) atoms. The molecule has 3 rings (SSSR count). The van der Waals surface area contributed by atoms with E-state index in [2.05, 4.69) is 20.3 Å². The highest BCUT2D eigenvalue weighted by atomic mass is 32.1. The van der Waals surface area contributed by atoms with E-state index >= 15 is 0 Å². The molecule has 3 aromatic rings. The van der Waals surface area contributed by atoms with Crippen LogP contribution in [-0.2, 0) is 0 Å². The Bertz CT molecular complexity index is 931. The van der Waals surface area contributed by atoms with E-state index in [1.54, 1.807) is 42.7 Å². The standard InChI is InChI=1S/C14H10N4O2S/c19-12(16-9-3-5-15-6-4-9)8-1-2-10-11(7-8)17-14(21)18-13(10)20/h1-7H,(H,15,16,19)(H2,17,18,20,21). The number of carbonyl (C=O) groups is 1. The normalized spacial score (nSPS) is 10.5. The molecule has 1 aromatic carbocycles. The number of anilines is 1. The van der Waals surface area contributed by atoms with Crippen LogP contribution >= 0.6 is 12.2 Å². The molecule has 0 radical (unpaired) electrons. The molecule has 2 heterocycles. The van der Waals surface area contributed by atoms with Crippen LogP contribution in [0.25, 0.3) is 10.9 Å². The van der Waals surface area contributed by atoms with Crippen LogP contribution in [0.1, 0.15) is 10.4 Å². The lowest BCUT2D eigenvalue weighted by Gasteiger charge is -2.05. The Kier molecular flexibility index (Phi) is 3.33. The average molecular weight is 298 g/mol. The highest BCUT2D eigenvalue weighted by Gasteiger charge is 2.08. The van der Waals surface area contributed by atoms with Crippen molar-refractivity contribution in [3.8, 4) is 0 Å². The first kappa shape index (κ1) is 13.2. The van der Waals surface area contributed by atoms with Crippen molar-refractivity contribution in [3.05, 3.63) is 63.4 Å². The molecular formula is C14H10N4O2S. The first-order valence-electron chi connectivity index (χ1n) is 6.11. The second-order valence-corrected chi connectivity index (χ2v) is 4.77. The summed E-state index contributed by atoms with van der Waals surface area (Å²) in [6.45, 7) is 0. The molecular weight excluding hydrogens is 288 g/mol. The van der Waals surface area contributed by atoms with Crippen molar-refractivity contribution in [2.75, 3.05) is 5.32 Å². The van der Waals surface area contributed by atoms with Gasteiger partial charge in [-0.05, 0) is 42.5 Å². The van der Waals surface area contributed by atoms with Gasteiger partial charge in [0.15, 0.2) is 4.77 Å². The van der Waals surface area contributed by atoms with Crippen molar-refractivity contribution in [2.24, 2.45) is 0 Å². The third-order valence-electron chi connectivity index (χ3n) is 2.94. The Hall–Kier alpha value is -2.80. The molecule has 0 aliphatic carbocycles. The number of carbonyl (C=O) groups excluding carboxylic acids is 1. The monoisotopic (exact) mass is 298 g/mol. The molecule has 0 bridgehead atoms. The van der Waals surface area contributed by atoms with Crippen molar-refractivity contribution < 1.29 is 4.79 Å². The number of amides is 1. The summed E-state index contributed by atoms with van der Waals surface area (Å²) in [6.07, 6.45) is 3.18. The number of H-pyrrole nitrogens is 2. The first-order valence-corrected chi connectivity index (χ1v) is 6.52. The van der Waals surface area contributed by atoms with Gasteiger partial charge in [-0.15, -0.1) is 0 Å². The number of nitrogens with one attached hydrogen (secondary N) is 3. The highest BCUT2D eigenvalue weighted by Crippen LogP contribution is 2.12. The summed E-state index contributed by atoms with van der Waals surface area (Å²) in [7, 11) is 0. The predicted molar refractivity (Wildman–Crippen MR) is 81.9 cm³/mol. The van der Waals surface area contributed by atoms with Crippen molar-refractivity contribution in [1.82, 2.24) is 15.0 Å². The minimum absolute atomic E-state index is 0.221. The molecule has 0 atom stereocenters. The van der Waals surface area contributed by atoms with Crippen molar-refractivity contribution >= 4 is 34.7 Å². The van der Waals surface area contributed by atoms with Gasteiger partial charge in [0, 0.05) is 23.6 Å². The average Bonchev–Trinajstić information content (AvgIpc) is 2.47. The van der Waals surface area contributed by atoms with Crippen molar-refractivity contribution in [1.29, 1.82) is 0 Å². The van der Waals surface area contributed by atoms with Crippen LogP contribution in [0.5, 0.6) is 0 Å². The summed E-state index contributed by atoms with van der Waals surface area (Å²) in [5.74, 6) is -0.275. The molecule has 0 unspecified atom stereocenters. The molecule has 7 heteroatoms. The number of pyridine rings is 1. The fourth-order valence-electron chi connectivity index (χ4n) is 1.95. The third kappa shape index (κ3) is 2.72. The number of nitrogens with zero attached hydrogens (tertiary/aromatic N) is 1. The summed E-state index contributed by atoms with van der Waals surface area (Å²) < 4.78 is 0.221. The van der Waals surface area contributed by atoms with Crippen LogP contribution in [0.3, 0.4) is 0 Å². The molecule has 2 aromatic heterocycles. The van der Waals surface area contributed by atoms with Crippen LogP contribution < -0.4 is 10.9 Å². The van der Waals surface area contributed by atoms with Crippen LogP contribution in [0.15, 0.2) is 47.5 Å². The largest absolute Gasteiger partial charge is 0.332 e. The molecule has 1 amide bonds. The second kappa shape index (κ2) is 5.29. The van der Waals surface area contributed by atoms with Gasteiger partial charge < -0.3 is 10.3 Å². The summed E-state index contributed by atoms with van der Waals surface area (Å²) in [6, 6.07) is 8.15. The van der Waals surface area contributed by atoms with Crippen LogP contribution in [0.4, 0.5) is 5.69 Å². The van der Waals surface area contributed by atoms with Gasteiger partial charge in [-0.25, -0.2) is 0 Å². The fraction of sp³-hybridized carbons (Fsp3) is 0. The summed E-state index contributed by atoms with van der Waals surface area (Å²) in [5.41, 5.74) is 1.31. The maximum atomic E-state index is 12.2. The van der Waals surface area contributed by atoms with Gasteiger partial charge in [-0.3, -0.25) is 19.6 Å². The summed E-state index contributed by atoms with van der Waals surface area (Å²) in [5, 5.41) is 3.20. The van der Waals surface area contributed by atoms with E-state index in [0.29, 0.717) is 22.2 Å². The van der Waals surface area contributed by atoms with Crippen LogP contribution in [0.2, 0.25) is 0 Å². The number of hydrogen-bond acceptors (Lipinski definition) is 4. The van der Waals surface area contributed by atoms with Gasteiger partial charge in [-0.1, -0.05) is 0 Å². The first-order chi connectivity index (χ1) is 10.1. The lowest BCUT2D eigenvalue weighted by molar-refractivity contribution is 0.102. The van der Waals surface area contributed by atoms with Gasteiger partial charge in [0.1, 0.15) is 0 Å². The topological polar surface area (TPSA) is 90.6 Å². The quantitative estimate of drug-likeness (QED) is 0.633. The van der Waals surface area contributed by atoms with Crippen molar-refractivity contribution in [3.63, 3.8) is 0 Å². The number of rotatable bonds is 2. The van der Waals surface area contributed by atoms with Crippen molar-refractivity contribution in [2.45, 2.75) is 0 Å². The highest BCUT2D eigenvalue weighted by molar-refractivity contribution is 7.71. The number of benzene rings is 1. The van der Waals surface area contributed by atoms with Gasteiger partial charge in [0.2, 0.25) is 0 Å². The number of aromatic nitrogens is 3. The molecule has 0 saturated heterocycles. The molecule has 6 nitrogen and oxygen atoms in total. The SMILES string of the molecule is O=C(Nc1ccncc1)c1ccc2c(=O)[nH]c(=S)[nH]c2c1. The zero-order chi connectivity index (χ0) is 14.8. The van der Waals surface area contributed by atoms with E-state index in [4.69, 9.17) is 12.2 Å². The van der Waals surface area contributed by atoms with E-state index < -0.39 is 0 Å². The molecule has 0 aliphatic rings. The Labute approximate surface area is 123 Å². The minimum atomic E-state index is -0.283. The zero-order valence-corrected chi connectivity index (χ0v) is 11.5. The molecule has 3 N–H and O–H groups in total. The van der Waals surface area contributed by atoms with Gasteiger partial charge in [0.05, 0.1) is 10.9 Å². The second-order valence-electron chi connectivity index (χ2n) is 4.36. The van der Waals surface area contributed by atoms with Gasteiger partial charge in [0.25, 0.3) is 11.5 Å². The number of aromatic amines is 2. The van der Waals surface area contributed by atoms with Gasteiger partial charge >= 0.3 is 0 Å². The van der Waals surface area contributed by atoms with Crippen LogP contribution in [0, 0.1) is 4.77 Å². The smallest absolute Gasteiger partial charge is 0.259 e. The van der Waals surface area contributed by atoms with E-state index in [1.165, 1.54) is 0 Å². The minimum Gasteiger partial charge on any atom is -0.332 e. The molecule has 0 saturated carbocycles. The molecule has 0 spiro atoms. The maximum absolute atomic E-state index is 12.2. The molecule has 0 aliphatic heterocycles. The summed E-state index contributed by atoms with van der Waals surface area (Å²) in [4.78, 5) is 33.1. The number of hydrogen-bond donors (Lipinski definition) is 3. The maximum Gasteiger partial charge on any atom is 0.259 e. The third-order valence-corrected chi connectivity index (χ3v) is 3.14. The van der Waals surface area contributed by atoms with E-state index in [-0.39, 0.29) is 16.2 Å². The van der Waals surface area contributed by atoms with Crippen LogP contribution in [-0.4, -0.2) is 20.9 Å². The van der Waals surface area contributed by atoms with E-state index in [1.807, 2.05) is 0 Å². The Balaban J connectivity index is 1.99. The Morgan fingerprint density at radius 2 is 1.90 bits per heavy atom. The lowest BCUT2D eigenvalue weighted by atomic mass is 10.1. The Morgan fingerprint density at radius 1 is 1.14 bits per heavy atom. The van der Waals surface area contributed by atoms with E-state index in [9.17, 15) is 9.59 Å². The van der Waals surface area contributed by atoms with Gasteiger partial charge in [-0.2, -0.15) is 0 Å². The molecule has 104 valence electrons. The lowest BCUT2D eigenvalue weighted by Crippen LogP contribution is -2.13. The fourth-order valence-corrected chi connectivity index (χ4v) is 2.15. The number of fused-ring (bicyclic) bond motifs is 1. The Morgan fingerprint density at radius 3 is 2.67 bits per heavy atom.